The normalized spacial score (nSPS) is 13.0. The molecule has 5 heteroatoms. The number of aromatic nitrogens is 3. The molecule has 0 radical (unpaired) electrons. The Kier molecular flexibility index (Phi) is 4.89. The molecule has 0 unspecified atom stereocenters. The van der Waals surface area contributed by atoms with Gasteiger partial charge in [-0.1, -0.05) is 29.8 Å². The molecule has 1 aliphatic rings. The summed E-state index contributed by atoms with van der Waals surface area (Å²) in [4.78, 5) is 21.2. The van der Waals surface area contributed by atoms with Crippen LogP contribution >= 0.6 is 11.8 Å². The summed E-state index contributed by atoms with van der Waals surface area (Å²) in [6.45, 7) is 2.67. The van der Waals surface area contributed by atoms with Crippen molar-refractivity contribution in [2.45, 2.75) is 43.5 Å². The van der Waals surface area contributed by atoms with Gasteiger partial charge in [-0.2, -0.15) is 4.98 Å². The Morgan fingerprint density at radius 2 is 1.96 bits per heavy atom. The molecular weight excluding hydrogens is 342 g/mol. The van der Waals surface area contributed by atoms with E-state index < -0.39 is 0 Å². The fourth-order valence-electron chi connectivity index (χ4n) is 3.49. The first kappa shape index (κ1) is 17.0. The van der Waals surface area contributed by atoms with Crippen molar-refractivity contribution < 1.29 is 0 Å². The molecule has 4 nitrogen and oxygen atoms in total. The monoisotopic (exact) mass is 363 g/mol. The highest BCUT2D eigenvalue weighted by molar-refractivity contribution is 7.98. The number of benzene rings is 1. The quantitative estimate of drug-likeness (QED) is 0.511. The van der Waals surface area contributed by atoms with E-state index in [0.717, 1.165) is 41.3 Å². The van der Waals surface area contributed by atoms with Crippen LogP contribution < -0.4 is 5.69 Å². The Morgan fingerprint density at radius 3 is 2.77 bits per heavy atom. The molecule has 0 saturated carbocycles. The minimum Gasteiger partial charge on any atom is -0.292 e. The number of aryl methyl sites for hydroxylation is 1. The third kappa shape index (κ3) is 3.58. The fourth-order valence-corrected chi connectivity index (χ4v) is 4.51. The van der Waals surface area contributed by atoms with E-state index in [-0.39, 0.29) is 5.69 Å². The van der Waals surface area contributed by atoms with Crippen LogP contribution in [-0.4, -0.2) is 14.5 Å². The predicted molar refractivity (Wildman–Crippen MR) is 105 cm³/mol. The van der Waals surface area contributed by atoms with E-state index in [0.29, 0.717) is 6.54 Å². The number of thioether (sulfide) groups is 1. The Hall–Kier alpha value is -2.40. The van der Waals surface area contributed by atoms with Crippen LogP contribution in [0.2, 0.25) is 0 Å². The minimum atomic E-state index is -0.144. The van der Waals surface area contributed by atoms with Crippen molar-refractivity contribution in [2.75, 3.05) is 0 Å². The molecule has 2 aromatic heterocycles. The molecular formula is C21H21N3OS. The van der Waals surface area contributed by atoms with Gasteiger partial charge < -0.3 is 0 Å². The van der Waals surface area contributed by atoms with Crippen molar-refractivity contribution >= 4 is 11.8 Å². The zero-order chi connectivity index (χ0) is 17.9. The van der Waals surface area contributed by atoms with E-state index in [4.69, 9.17) is 0 Å². The first-order valence-electron chi connectivity index (χ1n) is 8.90. The van der Waals surface area contributed by atoms with Crippen LogP contribution in [0.3, 0.4) is 0 Å². The van der Waals surface area contributed by atoms with Gasteiger partial charge in [-0.05, 0) is 49.4 Å². The average Bonchev–Trinajstić information content (AvgIpc) is 3.13. The van der Waals surface area contributed by atoms with E-state index in [1.54, 1.807) is 24.2 Å². The zero-order valence-corrected chi connectivity index (χ0v) is 15.6. The molecule has 0 fully saturated rings. The van der Waals surface area contributed by atoms with Gasteiger partial charge in [-0.3, -0.25) is 9.55 Å². The van der Waals surface area contributed by atoms with Gasteiger partial charge in [0.2, 0.25) is 0 Å². The van der Waals surface area contributed by atoms with Gasteiger partial charge in [0.05, 0.1) is 6.54 Å². The average molecular weight is 363 g/mol. The lowest BCUT2D eigenvalue weighted by molar-refractivity contribution is 0.666. The summed E-state index contributed by atoms with van der Waals surface area (Å²) < 4.78 is 1.84. The summed E-state index contributed by atoms with van der Waals surface area (Å²) in [6, 6.07) is 12.4. The molecule has 0 atom stereocenters. The van der Waals surface area contributed by atoms with Crippen LogP contribution in [-0.2, 0) is 25.1 Å². The number of hydrogen-bond donors (Lipinski definition) is 0. The van der Waals surface area contributed by atoms with Crippen LogP contribution in [0, 0.1) is 6.92 Å². The predicted octanol–water partition coefficient (Wildman–Crippen LogP) is 3.78. The lowest BCUT2D eigenvalue weighted by Crippen LogP contribution is -2.27. The first-order valence-corrected chi connectivity index (χ1v) is 9.89. The number of pyridine rings is 1. The largest absolute Gasteiger partial charge is 0.349 e. The van der Waals surface area contributed by atoms with E-state index in [9.17, 15) is 4.79 Å². The summed E-state index contributed by atoms with van der Waals surface area (Å²) in [6.07, 6.45) is 6.58. The maximum Gasteiger partial charge on any atom is 0.349 e. The van der Waals surface area contributed by atoms with Gasteiger partial charge in [0.15, 0.2) is 0 Å². The summed E-state index contributed by atoms with van der Waals surface area (Å²) >= 11 is 1.68. The van der Waals surface area contributed by atoms with Gasteiger partial charge in [0, 0.05) is 29.4 Å². The third-order valence-electron chi connectivity index (χ3n) is 4.75. The zero-order valence-electron chi connectivity index (χ0n) is 14.8. The Bertz CT molecular complexity index is 982. The van der Waals surface area contributed by atoms with Gasteiger partial charge in [-0.15, -0.1) is 11.8 Å². The molecule has 4 rings (SSSR count). The number of nitrogens with zero attached hydrogens (tertiary/aromatic N) is 3. The molecule has 0 N–H and O–H groups in total. The van der Waals surface area contributed by atoms with Gasteiger partial charge in [-0.25, -0.2) is 4.79 Å². The Labute approximate surface area is 157 Å². The molecule has 0 aliphatic heterocycles. The maximum atomic E-state index is 12.7. The maximum absolute atomic E-state index is 12.7. The van der Waals surface area contributed by atoms with Crippen LogP contribution in [0.25, 0.3) is 0 Å². The fraction of sp³-hybridized carbons (Fsp3) is 0.286. The van der Waals surface area contributed by atoms with Crippen molar-refractivity contribution in [1.82, 2.24) is 14.5 Å². The Balaban J connectivity index is 1.62. The van der Waals surface area contributed by atoms with E-state index in [2.05, 4.69) is 41.2 Å². The molecule has 0 saturated heterocycles. The molecule has 0 amide bonds. The highest BCUT2D eigenvalue weighted by Crippen LogP contribution is 2.31. The molecule has 132 valence electrons. The van der Waals surface area contributed by atoms with Crippen molar-refractivity contribution in [2.24, 2.45) is 0 Å². The second-order valence-corrected chi connectivity index (χ2v) is 7.66. The minimum absolute atomic E-state index is 0.144. The number of hydrogen-bond acceptors (Lipinski definition) is 4. The molecule has 3 aromatic rings. The van der Waals surface area contributed by atoms with Gasteiger partial charge in [0.25, 0.3) is 0 Å². The first-order chi connectivity index (χ1) is 12.7. The summed E-state index contributed by atoms with van der Waals surface area (Å²) in [5.41, 5.74) is 5.88. The number of rotatable bonds is 5. The highest BCUT2D eigenvalue weighted by Gasteiger charge is 2.22. The lowest BCUT2D eigenvalue weighted by atomic mass is 10.2. The lowest BCUT2D eigenvalue weighted by Gasteiger charge is -2.14. The number of fused-ring (bicyclic) bond motifs is 1. The van der Waals surface area contributed by atoms with E-state index in [1.165, 1.54) is 16.7 Å². The van der Waals surface area contributed by atoms with Crippen LogP contribution in [0.5, 0.6) is 0 Å². The summed E-state index contributed by atoms with van der Waals surface area (Å²) in [5, 5.41) is 0.912. The van der Waals surface area contributed by atoms with Crippen molar-refractivity contribution in [3.05, 3.63) is 87.2 Å². The highest BCUT2D eigenvalue weighted by atomic mass is 32.2. The van der Waals surface area contributed by atoms with Gasteiger partial charge >= 0.3 is 5.69 Å². The molecule has 2 heterocycles. The summed E-state index contributed by atoms with van der Waals surface area (Å²) in [7, 11) is 0. The van der Waals surface area contributed by atoms with Crippen LogP contribution in [0.4, 0.5) is 0 Å². The molecule has 1 aromatic carbocycles. The molecule has 1 aliphatic carbocycles. The molecule has 0 spiro atoms. The van der Waals surface area contributed by atoms with E-state index in [1.807, 2.05) is 16.7 Å². The van der Waals surface area contributed by atoms with Crippen molar-refractivity contribution in [3.8, 4) is 0 Å². The molecule has 26 heavy (non-hydrogen) atoms. The molecule has 0 bridgehead atoms. The van der Waals surface area contributed by atoms with Crippen molar-refractivity contribution in [1.29, 1.82) is 0 Å². The topological polar surface area (TPSA) is 47.8 Å². The standard InChI is InChI=1S/C21H21N3OS/c1-15-4-2-5-17(12-15)14-26-20-18-6-3-7-19(18)24(21(25)23-20)13-16-8-10-22-11-9-16/h2,4-5,8-12H,3,6-7,13-14H2,1H3. The third-order valence-corrected chi connectivity index (χ3v) is 5.84. The van der Waals surface area contributed by atoms with Crippen LogP contribution in [0.15, 0.2) is 58.6 Å². The van der Waals surface area contributed by atoms with E-state index >= 15 is 0 Å². The smallest absolute Gasteiger partial charge is 0.292 e. The van der Waals surface area contributed by atoms with Crippen molar-refractivity contribution in [3.63, 3.8) is 0 Å². The second-order valence-electron chi connectivity index (χ2n) is 6.70. The SMILES string of the molecule is Cc1cccc(CSc2nc(=O)n(Cc3ccncc3)c3c2CCC3)c1. The Morgan fingerprint density at radius 1 is 1.12 bits per heavy atom. The van der Waals surface area contributed by atoms with Crippen LogP contribution in [0.1, 0.15) is 34.4 Å². The second kappa shape index (κ2) is 7.46. The summed E-state index contributed by atoms with van der Waals surface area (Å²) in [5.74, 6) is 0.842. The van der Waals surface area contributed by atoms with Gasteiger partial charge in [0.1, 0.15) is 5.03 Å².